The normalized spacial score (nSPS) is 11.0. The van der Waals surface area contributed by atoms with Crippen LogP contribution in [0.25, 0.3) is 11.0 Å². The van der Waals surface area contributed by atoms with Crippen molar-refractivity contribution in [3.8, 4) is 17.4 Å². The van der Waals surface area contributed by atoms with Gasteiger partial charge < -0.3 is 19.7 Å². The summed E-state index contributed by atoms with van der Waals surface area (Å²) in [6.45, 7) is -3.02. The van der Waals surface area contributed by atoms with Gasteiger partial charge in [-0.1, -0.05) is 5.16 Å². The van der Waals surface area contributed by atoms with Crippen molar-refractivity contribution in [1.29, 1.82) is 0 Å². The van der Waals surface area contributed by atoms with E-state index >= 15 is 0 Å². The van der Waals surface area contributed by atoms with Crippen LogP contribution in [-0.2, 0) is 0 Å². The number of nitrogens with zero attached hydrogens (tertiary/aromatic N) is 3. The molecule has 1 aromatic carbocycles. The van der Waals surface area contributed by atoms with Crippen LogP contribution in [0.2, 0.25) is 0 Å². The SMILES string of the molecule is Nc1noc2cc(Oc3cccnn3)cc(OC(F)F)c12. The minimum atomic E-state index is -3.02. The second-order valence-electron chi connectivity index (χ2n) is 3.90. The number of halogens is 2. The molecule has 108 valence electrons. The van der Waals surface area contributed by atoms with Crippen molar-refractivity contribution in [2.24, 2.45) is 0 Å². The zero-order chi connectivity index (χ0) is 14.8. The lowest BCUT2D eigenvalue weighted by atomic mass is 10.2. The highest BCUT2D eigenvalue weighted by Gasteiger charge is 2.17. The van der Waals surface area contributed by atoms with Gasteiger partial charge in [-0.3, -0.25) is 0 Å². The Hall–Kier alpha value is -2.97. The minimum Gasteiger partial charge on any atom is -0.437 e. The van der Waals surface area contributed by atoms with Crippen LogP contribution < -0.4 is 15.2 Å². The fourth-order valence-corrected chi connectivity index (χ4v) is 1.74. The van der Waals surface area contributed by atoms with E-state index in [1.807, 2.05) is 0 Å². The second-order valence-corrected chi connectivity index (χ2v) is 3.90. The molecule has 0 saturated carbocycles. The molecule has 9 heteroatoms. The van der Waals surface area contributed by atoms with Gasteiger partial charge in [0.1, 0.15) is 16.9 Å². The van der Waals surface area contributed by atoms with Crippen molar-refractivity contribution in [1.82, 2.24) is 15.4 Å². The molecule has 7 nitrogen and oxygen atoms in total. The summed E-state index contributed by atoms with van der Waals surface area (Å²) in [5.41, 5.74) is 5.72. The van der Waals surface area contributed by atoms with E-state index < -0.39 is 6.61 Å². The fraction of sp³-hybridized carbons (Fsp3) is 0.0833. The molecule has 0 aliphatic rings. The highest BCUT2D eigenvalue weighted by atomic mass is 19.3. The van der Waals surface area contributed by atoms with E-state index in [1.54, 1.807) is 12.1 Å². The Morgan fingerprint density at radius 3 is 2.86 bits per heavy atom. The molecule has 0 saturated heterocycles. The summed E-state index contributed by atoms with van der Waals surface area (Å²) in [6, 6.07) is 5.85. The van der Waals surface area contributed by atoms with Gasteiger partial charge in [0.25, 0.3) is 0 Å². The summed E-state index contributed by atoms with van der Waals surface area (Å²) < 4.78 is 39.7. The molecule has 0 amide bonds. The first-order chi connectivity index (χ1) is 10.1. The van der Waals surface area contributed by atoms with Crippen LogP contribution in [0, 0.1) is 0 Å². The number of aromatic nitrogens is 3. The number of fused-ring (bicyclic) bond motifs is 1. The number of rotatable bonds is 4. The fourth-order valence-electron chi connectivity index (χ4n) is 1.74. The van der Waals surface area contributed by atoms with Gasteiger partial charge in [0, 0.05) is 24.4 Å². The van der Waals surface area contributed by atoms with E-state index in [0.29, 0.717) is 0 Å². The van der Waals surface area contributed by atoms with Gasteiger partial charge in [-0.25, -0.2) is 0 Å². The topological polar surface area (TPSA) is 96.3 Å². The molecular weight excluding hydrogens is 286 g/mol. The summed E-state index contributed by atoms with van der Waals surface area (Å²) in [5, 5.41) is 11.0. The zero-order valence-corrected chi connectivity index (χ0v) is 10.4. The highest BCUT2D eigenvalue weighted by molar-refractivity contribution is 5.93. The van der Waals surface area contributed by atoms with Gasteiger partial charge in [0.05, 0.1) is 0 Å². The van der Waals surface area contributed by atoms with Gasteiger partial charge in [-0.05, 0) is 6.07 Å². The highest BCUT2D eigenvalue weighted by Crippen LogP contribution is 2.36. The number of alkyl halides is 2. The number of ether oxygens (including phenoxy) is 2. The molecule has 0 bridgehead atoms. The van der Waals surface area contributed by atoms with E-state index in [-0.39, 0.29) is 34.2 Å². The predicted molar refractivity (Wildman–Crippen MR) is 67.2 cm³/mol. The lowest BCUT2D eigenvalue weighted by molar-refractivity contribution is -0.0488. The van der Waals surface area contributed by atoms with Crippen molar-refractivity contribution < 1.29 is 22.8 Å². The van der Waals surface area contributed by atoms with E-state index in [2.05, 4.69) is 20.1 Å². The smallest absolute Gasteiger partial charge is 0.387 e. The molecule has 3 rings (SSSR count). The molecule has 0 radical (unpaired) electrons. The summed E-state index contributed by atoms with van der Waals surface area (Å²) in [6.07, 6.45) is 1.47. The van der Waals surface area contributed by atoms with Crippen LogP contribution in [0.4, 0.5) is 14.6 Å². The third-order valence-electron chi connectivity index (χ3n) is 2.52. The molecule has 0 fully saturated rings. The van der Waals surface area contributed by atoms with Gasteiger partial charge in [0.15, 0.2) is 11.4 Å². The van der Waals surface area contributed by atoms with Crippen LogP contribution in [0.3, 0.4) is 0 Å². The lowest BCUT2D eigenvalue weighted by Gasteiger charge is -2.08. The average Bonchev–Trinajstić information content (AvgIpc) is 2.81. The quantitative estimate of drug-likeness (QED) is 0.789. The first-order valence-electron chi connectivity index (χ1n) is 5.73. The Kier molecular flexibility index (Phi) is 3.22. The van der Waals surface area contributed by atoms with Gasteiger partial charge >= 0.3 is 6.61 Å². The summed E-state index contributed by atoms with van der Waals surface area (Å²) in [5.74, 6) is 0.119. The first-order valence-corrected chi connectivity index (χ1v) is 5.73. The number of nitrogen functional groups attached to an aromatic ring is 1. The van der Waals surface area contributed by atoms with Crippen LogP contribution in [0.15, 0.2) is 35.0 Å². The minimum absolute atomic E-state index is 0.0493. The van der Waals surface area contributed by atoms with Gasteiger partial charge in [-0.2, -0.15) is 13.9 Å². The van der Waals surface area contributed by atoms with E-state index in [4.69, 9.17) is 15.0 Å². The van der Waals surface area contributed by atoms with Crippen LogP contribution in [-0.4, -0.2) is 22.0 Å². The van der Waals surface area contributed by atoms with E-state index in [1.165, 1.54) is 18.3 Å². The third-order valence-corrected chi connectivity index (χ3v) is 2.52. The Morgan fingerprint density at radius 1 is 1.29 bits per heavy atom. The standard InChI is InChI=1S/C12H8F2N4O3/c13-12(14)20-7-4-6(19-9-2-1-3-16-17-9)5-8-10(7)11(15)18-21-8/h1-5,12H,(H2,15,18). The maximum Gasteiger partial charge on any atom is 0.387 e. The molecule has 0 aliphatic carbocycles. The first kappa shape index (κ1) is 13.0. The van der Waals surface area contributed by atoms with Crippen LogP contribution in [0.5, 0.6) is 17.4 Å². The largest absolute Gasteiger partial charge is 0.437 e. The molecule has 3 aromatic rings. The molecular formula is C12H8F2N4O3. The number of nitrogens with two attached hydrogens (primary N) is 1. The van der Waals surface area contributed by atoms with E-state index in [0.717, 1.165) is 0 Å². The lowest BCUT2D eigenvalue weighted by Crippen LogP contribution is -2.03. The molecule has 21 heavy (non-hydrogen) atoms. The maximum atomic E-state index is 12.5. The average molecular weight is 294 g/mol. The van der Waals surface area contributed by atoms with Crippen LogP contribution in [0.1, 0.15) is 0 Å². The van der Waals surface area contributed by atoms with Crippen molar-refractivity contribution in [2.45, 2.75) is 6.61 Å². The van der Waals surface area contributed by atoms with Gasteiger partial charge in [-0.15, -0.1) is 5.10 Å². The number of benzene rings is 1. The molecule has 2 heterocycles. The van der Waals surface area contributed by atoms with E-state index in [9.17, 15) is 8.78 Å². The Bertz CT molecular complexity index is 764. The monoisotopic (exact) mass is 294 g/mol. The second kappa shape index (κ2) is 5.19. The Morgan fingerprint density at radius 2 is 2.14 bits per heavy atom. The molecule has 0 unspecified atom stereocenters. The molecule has 0 spiro atoms. The van der Waals surface area contributed by atoms with Gasteiger partial charge in [0.2, 0.25) is 5.88 Å². The Balaban J connectivity index is 2.04. The van der Waals surface area contributed by atoms with Crippen molar-refractivity contribution in [2.75, 3.05) is 5.73 Å². The number of hydrogen-bond donors (Lipinski definition) is 1. The summed E-state index contributed by atoms with van der Waals surface area (Å²) >= 11 is 0. The van der Waals surface area contributed by atoms with Crippen molar-refractivity contribution in [3.63, 3.8) is 0 Å². The molecule has 2 N–H and O–H groups in total. The van der Waals surface area contributed by atoms with Crippen LogP contribution >= 0.6 is 0 Å². The summed E-state index contributed by atoms with van der Waals surface area (Å²) in [7, 11) is 0. The van der Waals surface area contributed by atoms with Crippen molar-refractivity contribution in [3.05, 3.63) is 30.5 Å². The predicted octanol–water partition coefficient (Wildman–Crippen LogP) is 2.59. The molecule has 0 atom stereocenters. The number of hydrogen-bond acceptors (Lipinski definition) is 7. The van der Waals surface area contributed by atoms with Crippen molar-refractivity contribution >= 4 is 16.8 Å². The summed E-state index contributed by atoms with van der Waals surface area (Å²) in [4.78, 5) is 0. The Labute approximate surface area is 116 Å². The molecule has 2 aromatic heterocycles. The molecule has 0 aliphatic heterocycles. The number of anilines is 1. The maximum absolute atomic E-state index is 12.5. The third kappa shape index (κ3) is 2.66. The zero-order valence-electron chi connectivity index (χ0n) is 10.4.